The van der Waals surface area contributed by atoms with Crippen LogP contribution in [0.1, 0.15) is 29.5 Å². The van der Waals surface area contributed by atoms with Crippen molar-refractivity contribution in [1.82, 2.24) is 15.0 Å². The molecule has 0 aliphatic rings. The number of hydrogen-bond acceptors (Lipinski definition) is 3. The molecule has 6 heteroatoms. The normalized spacial score (nSPS) is 10.6. The molecule has 18 heavy (non-hydrogen) atoms. The quantitative estimate of drug-likeness (QED) is 0.922. The first-order valence-electron chi connectivity index (χ1n) is 5.57. The highest BCUT2D eigenvalue weighted by atomic mass is 35.5. The van der Waals surface area contributed by atoms with Crippen molar-refractivity contribution in [3.05, 3.63) is 40.7 Å². The van der Waals surface area contributed by atoms with Gasteiger partial charge in [0.15, 0.2) is 5.69 Å². The van der Waals surface area contributed by atoms with Gasteiger partial charge >= 0.3 is 5.97 Å². The number of nitrogens with zero attached hydrogens (tertiary/aromatic N) is 3. The van der Waals surface area contributed by atoms with Gasteiger partial charge in [0, 0.05) is 5.02 Å². The van der Waals surface area contributed by atoms with E-state index in [9.17, 15) is 4.79 Å². The molecule has 0 unspecified atom stereocenters. The van der Waals surface area contributed by atoms with Crippen LogP contribution in [0.4, 0.5) is 0 Å². The molecular weight excluding hydrogens is 254 g/mol. The summed E-state index contributed by atoms with van der Waals surface area (Å²) < 4.78 is 1.54. The fourth-order valence-electron chi connectivity index (χ4n) is 1.72. The van der Waals surface area contributed by atoms with E-state index in [4.69, 9.17) is 16.7 Å². The van der Waals surface area contributed by atoms with Gasteiger partial charge in [-0.2, -0.15) is 0 Å². The van der Waals surface area contributed by atoms with E-state index in [2.05, 4.69) is 10.3 Å². The van der Waals surface area contributed by atoms with Crippen LogP contribution in [0.15, 0.2) is 24.3 Å². The van der Waals surface area contributed by atoms with E-state index in [1.165, 1.54) is 0 Å². The Labute approximate surface area is 109 Å². The molecule has 0 amide bonds. The monoisotopic (exact) mass is 265 g/mol. The molecule has 1 aromatic heterocycles. The van der Waals surface area contributed by atoms with Crippen molar-refractivity contribution < 1.29 is 9.90 Å². The lowest BCUT2D eigenvalue weighted by Crippen LogP contribution is -2.06. The van der Waals surface area contributed by atoms with E-state index >= 15 is 0 Å². The number of halogens is 1. The smallest absolute Gasteiger partial charge is 0.358 e. The largest absolute Gasteiger partial charge is 0.476 e. The lowest BCUT2D eigenvalue weighted by atomic mass is 10.2. The minimum absolute atomic E-state index is 0.00630. The van der Waals surface area contributed by atoms with Crippen LogP contribution in [0.5, 0.6) is 0 Å². The third kappa shape index (κ3) is 2.36. The summed E-state index contributed by atoms with van der Waals surface area (Å²) in [6, 6.07) is 7.02. The van der Waals surface area contributed by atoms with E-state index in [1.54, 1.807) is 28.9 Å². The van der Waals surface area contributed by atoms with Crippen LogP contribution in [0.3, 0.4) is 0 Å². The van der Waals surface area contributed by atoms with Crippen molar-refractivity contribution in [2.24, 2.45) is 0 Å². The molecule has 0 bridgehead atoms. The third-order valence-electron chi connectivity index (χ3n) is 2.52. The van der Waals surface area contributed by atoms with Crippen LogP contribution in [-0.2, 0) is 6.42 Å². The van der Waals surface area contributed by atoms with Crippen LogP contribution in [-0.4, -0.2) is 26.1 Å². The summed E-state index contributed by atoms with van der Waals surface area (Å²) >= 11 is 5.82. The van der Waals surface area contributed by atoms with E-state index in [0.717, 1.165) is 12.1 Å². The summed E-state index contributed by atoms with van der Waals surface area (Å²) in [7, 11) is 0. The highest BCUT2D eigenvalue weighted by molar-refractivity contribution is 6.30. The Morgan fingerprint density at radius 1 is 1.39 bits per heavy atom. The maximum Gasteiger partial charge on any atom is 0.358 e. The minimum atomic E-state index is -1.06. The highest BCUT2D eigenvalue weighted by Crippen LogP contribution is 2.17. The molecule has 1 N–H and O–H groups in total. The van der Waals surface area contributed by atoms with Gasteiger partial charge in [-0.15, -0.1) is 5.10 Å². The molecule has 0 saturated heterocycles. The molecule has 5 nitrogen and oxygen atoms in total. The van der Waals surface area contributed by atoms with Crippen LogP contribution < -0.4 is 0 Å². The van der Waals surface area contributed by atoms with E-state index in [1.807, 2.05) is 6.92 Å². The number of rotatable bonds is 4. The van der Waals surface area contributed by atoms with Crippen molar-refractivity contribution in [1.29, 1.82) is 0 Å². The first kappa shape index (κ1) is 12.6. The average Bonchev–Trinajstić information content (AvgIpc) is 2.74. The SMILES string of the molecule is CCCc1c(C(=O)O)nnn1-c1ccc(Cl)cc1. The zero-order chi connectivity index (χ0) is 13.1. The Morgan fingerprint density at radius 3 is 2.61 bits per heavy atom. The third-order valence-corrected chi connectivity index (χ3v) is 2.78. The summed E-state index contributed by atoms with van der Waals surface area (Å²) in [4.78, 5) is 11.1. The predicted octanol–water partition coefficient (Wildman–Crippen LogP) is 2.57. The van der Waals surface area contributed by atoms with Gasteiger partial charge in [0.05, 0.1) is 11.4 Å². The van der Waals surface area contributed by atoms with Crippen molar-refractivity contribution >= 4 is 17.6 Å². The summed E-state index contributed by atoms with van der Waals surface area (Å²) in [6.07, 6.45) is 1.43. The lowest BCUT2D eigenvalue weighted by Gasteiger charge is -2.05. The Balaban J connectivity index is 2.50. The summed E-state index contributed by atoms with van der Waals surface area (Å²) in [5.41, 5.74) is 1.36. The molecule has 0 aliphatic heterocycles. The molecule has 0 atom stereocenters. The molecular formula is C12H12ClN3O2. The van der Waals surface area contributed by atoms with Gasteiger partial charge in [-0.1, -0.05) is 30.2 Å². The number of benzene rings is 1. The molecule has 1 aromatic carbocycles. The Morgan fingerprint density at radius 2 is 2.06 bits per heavy atom. The van der Waals surface area contributed by atoms with Gasteiger partial charge in [0.2, 0.25) is 0 Å². The van der Waals surface area contributed by atoms with Crippen molar-refractivity contribution in [3.8, 4) is 5.69 Å². The zero-order valence-electron chi connectivity index (χ0n) is 9.80. The number of hydrogen-bond donors (Lipinski definition) is 1. The van der Waals surface area contributed by atoms with Crippen LogP contribution in [0.25, 0.3) is 5.69 Å². The number of aromatic carboxylic acids is 1. The van der Waals surface area contributed by atoms with Crippen molar-refractivity contribution in [3.63, 3.8) is 0 Å². The predicted molar refractivity (Wildman–Crippen MR) is 67.3 cm³/mol. The fourth-order valence-corrected chi connectivity index (χ4v) is 1.84. The Hall–Kier alpha value is -1.88. The number of carboxylic acid groups (broad SMARTS) is 1. The van der Waals surface area contributed by atoms with Crippen LogP contribution >= 0.6 is 11.6 Å². The van der Waals surface area contributed by atoms with Crippen molar-refractivity contribution in [2.45, 2.75) is 19.8 Å². The van der Waals surface area contributed by atoms with Gasteiger partial charge in [0.25, 0.3) is 0 Å². The fraction of sp³-hybridized carbons (Fsp3) is 0.250. The maximum atomic E-state index is 11.1. The van der Waals surface area contributed by atoms with E-state index < -0.39 is 5.97 Å². The van der Waals surface area contributed by atoms with Crippen LogP contribution in [0.2, 0.25) is 5.02 Å². The molecule has 0 spiro atoms. The van der Waals surface area contributed by atoms with Gasteiger partial charge in [-0.3, -0.25) is 0 Å². The number of aromatic nitrogens is 3. The number of carboxylic acids is 1. The van der Waals surface area contributed by atoms with Gasteiger partial charge in [-0.25, -0.2) is 9.48 Å². The van der Waals surface area contributed by atoms with Crippen LogP contribution in [0, 0.1) is 0 Å². The first-order valence-corrected chi connectivity index (χ1v) is 5.95. The second kappa shape index (κ2) is 5.18. The zero-order valence-corrected chi connectivity index (χ0v) is 10.6. The highest BCUT2D eigenvalue weighted by Gasteiger charge is 2.18. The Bertz CT molecular complexity index is 563. The molecule has 2 aromatic rings. The number of carbonyl (C=O) groups is 1. The molecule has 94 valence electrons. The maximum absolute atomic E-state index is 11.1. The average molecular weight is 266 g/mol. The summed E-state index contributed by atoms with van der Waals surface area (Å²) in [6.45, 7) is 1.98. The molecule has 2 rings (SSSR count). The molecule has 0 fully saturated rings. The van der Waals surface area contributed by atoms with Crippen molar-refractivity contribution in [2.75, 3.05) is 0 Å². The second-order valence-corrected chi connectivity index (χ2v) is 4.26. The van der Waals surface area contributed by atoms with Gasteiger partial charge in [-0.05, 0) is 30.7 Å². The second-order valence-electron chi connectivity index (χ2n) is 3.83. The molecule has 0 aliphatic carbocycles. The van der Waals surface area contributed by atoms with Gasteiger partial charge in [0.1, 0.15) is 0 Å². The minimum Gasteiger partial charge on any atom is -0.476 e. The molecule has 0 radical (unpaired) electrons. The molecule has 0 saturated carbocycles. The summed E-state index contributed by atoms with van der Waals surface area (Å²) in [5, 5.41) is 17.3. The summed E-state index contributed by atoms with van der Waals surface area (Å²) in [5.74, 6) is -1.06. The standard InChI is InChI=1S/C12H12ClN3O2/c1-2-3-10-11(12(17)18)14-15-16(10)9-6-4-8(13)5-7-9/h4-7H,2-3H2,1H3,(H,17,18). The van der Waals surface area contributed by atoms with E-state index in [-0.39, 0.29) is 5.69 Å². The first-order chi connectivity index (χ1) is 8.63. The molecule has 1 heterocycles. The lowest BCUT2D eigenvalue weighted by molar-refractivity contribution is 0.0689. The Kier molecular flexibility index (Phi) is 3.62. The van der Waals surface area contributed by atoms with E-state index in [0.29, 0.717) is 17.1 Å². The van der Waals surface area contributed by atoms with Gasteiger partial charge < -0.3 is 5.11 Å². The topological polar surface area (TPSA) is 68.0 Å².